The molecule has 198 valence electrons. The summed E-state index contributed by atoms with van der Waals surface area (Å²) < 4.78 is 48.7. The highest BCUT2D eigenvalue weighted by Crippen LogP contribution is 2.17. The standard InChI is InChI=1S/C21H22N10O5S2/c1-12(19-13(2)30(28-25-19)15-4-8-17(9-5-15)37(22,33)34)24-27-21(32)20-14(3)31(29-26-20)16-6-10-18(11-7-16)38(23,35)36/h4-11H,1-3H3,(H,27,32)(H2,22,33,34)(H2,23,35,36). The second kappa shape index (κ2) is 9.86. The van der Waals surface area contributed by atoms with Crippen LogP contribution in [0.15, 0.2) is 63.4 Å². The summed E-state index contributed by atoms with van der Waals surface area (Å²) in [5.74, 6) is -0.627. The van der Waals surface area contributed by atoms with E-state index in [1.807, 2.05) is 0 Å². The lowest BCUT2D eigenvalue weighted by Crippen LogP contribution is -2.21. The normalized spacial score (nSPS) is 12.5. The molecule has 0 saturated carbocycles. The maximum absolute atomic E-state index is 12.7. The molecule has 1 amide bonds. The first kappa shape index (κ1) is 26.7. The number of amides is 1. The fourth-order valence-corrected chi connectivity index (χ4v) is 4.52. The Kier molecular flexibility index (Phi) is 6.94. The van der Waals surface area contributed by atoms with Crippen molar-refractivity contribution < 1.29 is 21.6 Å². The first-order chi connectivity index (χ1) is 17.8. The molecule has 0 atom stereocenters. The zero-order valence-corrected chi connectivity index (χ0v) is 21.9. The fraction of sp³-hybridized carbons (Fsp3) is 0.143. The van der Waals surface area contributed by atoms with Crippen LogP contribution < -0.4 is 15.7 Å². The second-order valence-corrected chi connectivity index (χ2v) is 11.2. The van der Waals surface area contributed by atoms with E-state index < -0.39 is 26.0 Å². The molecule has 0 radical (unpaired) electrons. The minimum absolute atomic E-state index is 0.00685. The van der Waals surface area contributed by atoms with Gasteiger partial charge in [-0.1, -0.05) is 10.4 Å². The van der Waals surface area contributed by atoms with Gasteiger partial charge in [-0.05, 0) is 69.3 Å². The van der Waals surface area contributed by atoms with Crippen molar-refractivity contribution in [3.63, 3.8) is 0 Å². The van der Waals surface area contributed by atoms with E-state index in [0.717, 1.165) is 0 Å². The molecule has 2 heterocycles. The Labute approximate surface area is 217 Å². The first-order valence-electron chi connectivity index (χ1n) is 10.7. The molecule has 5 N–H and O–H groups in total. The van der Waals surface area contributed by atoms with Gasteiger partial charge in [-0.25, -0.2) is 41.9 Å². The van der Waals surface area contributed by atoms with Crippen LogP contribution in [0, 0.1) is 13.8 Å². The van der Waals surface area contributed by atoms with Gasteiger partial charge in [0.15, 0.2) is 5.69 Å². The largest absolute Gasteiger partial charge is 0.293 e. The highest BCUT2D eigenvalue weighted by molar-refractivity contribution is 7.89. The summed E-state index contributed by atoms with van der Waals surface area (Å²) >= 11 is 0. The van der Waals surface area contributed by atoms with E-state index in [0.29, 0.717) is 34.2 Å². The van der Waals surface area contributed by atoms with Crippen molar-refractivity contribution in [2.75, 3.05) is 0 Å². The van der Waals surface area contributed by atoms with Gasteiger partial charge in [0.25, 0.3) is 5.91 Å². The first-order valence-corrected chi connectivity index (χ1v) is 13.8. The summed E-state index contributed by atoms with van der Waals surface area (Å²) in [5, 5.41) is 30.4. The van der Waals surface area contributed by atoms with Crippen molar-refractivity contribution in [3.8, 4) is 11.4 Å². The molecule has 0 bridgehead atoms. The van der Waals surface area contributed by atoms with Gasteiger partial charge in [-0.2, -0.15) is 5.10 Å². The number of primary sulfonamides is 2. The summed E-state index contributed by atoms with van der Waals surface area (Å²) in [7, 11) is -7.67. The molecule has 15 nitrogen and oxygen atoms in total. The third kappa shape index (κ3) is 5.35. The monoisotopic (exact) mass is 558 g/mol. The van der Waals surface area contributed by atoms with E-state index in [2.05, 4.69) is 31.2 Å². The Hall–Kier alpha value is -4.32. The molecule has 2 aromatic carbocycles. The van der Waals surface area contributed by atoms with Crippen LogP contribution in [-0.4, -0.2) is 58.4 Å². The summed E-state index contributed by atoms with van der Waals surface area (Å²) in [6.45, 7) is 4.99. The number of aromatic nitrogens is 6. The molecule has 17 heteroatoms. The Bertz CT molecular complexity index is 1770. The average molecular weight is 559 g/mol. The third-order valence-electron chi connectivity index (χ3n) is 5.49. The number of nitrogens with one attached hydrogen (secondary N) is 1. The average Bonchev–Trinajstić information content (AvgIpc) is 3.44. The predicted molar refractivity (Wildman–Crippen MR) is 135 cm³/mol. The van der Waals surface area contributed by atoms with Crippen LogP contribution in [0.2, 0.25) is 0 Å². The highest BCUT2D eigenvalue weighted by Gasteiger charge is 2.19. The Balaban J connectivity index is 1.51. The van der Waals surface area contributed by atoms with Gasteiger partial charge < -0.3 is 0 Å². The van der Waals surface area contributed by atoms with Gasteiger partial charge in [0.2, 0.25) is 20.0 Å². The fourth-order valence-electron chi connectivity index (χ4n) is 3.49. The van der Waals surface area contributed by atoms with Gasteiger partial charge in [0, 0.05) is 0 Å². The number of sulfonamides is 2. The van der Waals surface area contributed by atoms with Crippen LogP contribution >= 0.6 is 0 Å². The van der Waals surface area contributed by atoms with Crippen LogP contribution in [0.5, 0.6) is 0 Å². The van der Waals surface area contributed by atoms with Crippen LogP contribution in [0.25, 0.3) is 11.4 Å². The molecule has 0 aliphatic heterocycles. The molecular formula is C21H22N10O5S2. The predicted octanol–water partition coefficient (Wildman–Crippen LogP) is -0.0864. The molecule has 4 rings (SSSR count). The molecule has 0 fully saturated rings. The van der Waals surface area contributed by atoms with Crippen molar-refractivity contribution in [2.24, 2.45) is 15.4 Å². The molecule has 4 aromatic rings. The van der Waals surface area contributed by atoms with E-state index in [1.54, 1.807) is 20.8 Å². The number of hydrogen-bond donors (Lipinski definition) is 3. The van der Waals surface area contributed by atoms with Crippen molar-refractivity contribution in [1.29, 1.82) is 0 Å². The highest BCUT2D eigenvalue weighted by atomic mass is 32.2. The number of nitrogens with two attached hydrogens (primary N) is 2. The van der Waals surface area contributed by atoms with Gasteiger partial charge in [0.1, 0.15) is 5.69 Å². The minimum atomic E-state index is -3.84. The lowest BCUT2D eigenvalue weighted by Gasteiger charge is -2.05. The van der Waals surface area contributed by atoms with Gasteiger partial charge in [-0.15, -0.1) is 10.2 Å². The van der Waals surface area contributed by atoms with Crippen molar-refractivity contribution >= 4 is 31.7 Å². The van der Waals surface area contributed by atoms with E-state index in [-0.39, 0.29) is 15.5 Å². The summed E-state index contributed by atoms with van der Waals surface area (Å²) in [4.78, 5) is 12.6. The van der Waals surface area contributed by atoms with Gasteiger partial charge in [-0.3, -0.25) is 4.79 Å². The zero-order valence-electron chi connectivity index (χ0n) is 20.3. The van der Waals surface area contributed by atoms with E-state index in [1.165, 1.54) is 57.9 Å². The van der Waals surface area contributed by atoms with Gasteiger partial charge in [0.05, 0.1) is 38.3 Å². The van der Waals surface area contributed by atoms with E-state index in [4.69, 9.17) is 10.3 Å². The molecule has 0 spiro atoms. The number of carbonyl (C=O) groups is 1. The molecule has 0 saturated heterocycles. The number of nitrogens with zero attached hydrogens (tertiary/aromatic N) is 7. The molecular weight excluding hydrogens is 536 g/mol. The SMILES string of the molecule is CC(=NNC(=O)c1nnn(-c2ccc(S(N)(=O)=O)cc2)c1C)c1nnn(-c2ccc(S(N)(=O)=O)cc2)c1C. The third-order valence-corrected chi connectivity index (χ3v) is 7.35. The van der Waals surface area contributed by atoms with Gasteiger partial charge >= 0.3 is 0 Å². The molecule has 0 unspecified atom stereocenters. The van der Waals surface area contributed by atoms with Crippen LogP contribution in [0.1, 0.15) is 34.5 Å². The second-order valence-electron chi connectivity index (χ2n) is 8.09. The Morgan fingerprint density at radius 2 is 1.16 bits per heavy atom. The number of hydrogen-bond acceptors (Lipinski definition) is 10. The number of benzene rings is 2. The van der Waals surface area contributed by atoms with E-state index >= 15 is 0 Å². The molecule has 0 aliphatic rings. The zero-order chi connectivity index (χ0) is 27.8. The van der Waals surface area contributed by atoms with Crippen LogP contribution in [-0.2, 0) is 20.0 Å². The van der Waals surface area contributed by atoms with Crippen LogP contribution in [0.4, 0.5) is 0 Å². The smallest absolute Gasteiger partial charge is 0.265 e. The summed E-state index contributed by atoms with van der Waals surface area (Å²) in [6, 6.07) is 11.4. The Morgan fingerprint density at radius 3 is 1.58 bits per heavy atom. The number of hydrazone groups is 1. The van der Waals surface area contributed by atoms with Crippen LogP contribution in [0.3, 0.4) is 0 Å². The molecule has 0 aliphatic carbocycles. The lowest BCUT2D eigenvalue weighted by molar-refractivity contribution is 0.0949. The maximum Gasteiger partial charge on any atom is 0.293 e. The maximum atomic E-state index is 12.7. The summed E-state index contributed by atoms with van der Waals surface area (Å²) in [5.41, 5.74) is 5.18. The topological polar surface area (TPSA) is 223 Å². The lowest BCUT2D eigenvalue weighted by atomic mass is 10.2. The number of rotatable bonds is 7. The van der Waals surface area contributed by atoms with E-state index in [9.17, 15) is 21.6 Å². The quantitative estimate of drug-likeness (QED) is 0.203. The summed E-state index contributed by atoms with van der Waals surface area (Å²) in [6.07, 6.45) is 0. The number of carbonyl (C=O) groups excluding carboxylic acids is 1. The van der Waals surface area contributed by atoms with Crippen molar-refractivity contribution in [1.82, 2.24) is 35.4 Å². The Morgan fingerprint density at radius 1 is 0.763 bits per heavy atom. The van der Waals surface area contributed by atoms with Crippen molar-refractivity contribution in [3.05, 3.63) is 71.3 Å². The minimum Gasteiger partial charge on any atom is -0.265 e. The molecule has 38 heavy (non-hydrogen) atoms. The van der Waals surface area contributed by atoms with Crippen molar-refractivity contribution in [2.45, 2.75) is 30.6 Å². The molecule has 2 aromatic heterocycles.